The van der Waals surface area contributed by atoms with Crippen molar-refractivity contribution in [2.75, 3.05) is 6.54 Å². The molecule has 2 aromatic rings. The zero-order valence-corrected chi connectivity index (χ0v) is 10.7. The van der Waals surface area contributed by atoms with E-state index in [4.69, 9.17) is 4.52 Å². The summed E-state index contributed by atoms with van der Waals surface area (Å²) in [6, 6.07) is 0. The fraction of sp³-hybridized carbons (Fsp3) is 0.583. The zero-order valence-electron chi connectivity index (χ0n) is 10.7. The van der Waals surface area contributed by atoms with Gasteiger partial charge in [-0.3, -0.25) is 4.68 Å². The number of aromatic nitrogens is 4. The number of rotatable bonds is 3. The molecule has 6 heteroatoms. The first-order chi connectivity index (χ1) is 8.73. The largest absolute Gasteiger partial charge is 0.337 e. The highest BCUT2D eigenvalue weighted by atomic mass is 16.5. The second-order valence-corrected chi connectivity index (χ2v) is 4.79. The summed E-state index contributed by atoms with van der Waals surface area (Å²) in [7, 11) is 1.87. The molecular weight excluding hydrogens is 230 g/mol. The first-order valence-electron chi connectivity index (χ1n) is 6.32. The molecule has 0 aromatic carbocycles. The fourth-order valence-corrected chi connectivity index (χ4v) is 2.51. The van der Waals surface area contributed by atoms with Gasteiger partial charge in [-0.15, -0.1) is 0 Å². The van der Waals surface area contributed by atoms with E-state index < -0.39 is 0 Å². The number of aryl methyl sites for hydroxylation is 1. The van der Waals surface area contributed by atoms with Crippen LogP contribution in [-0.4, -0.2) is 26.5 Å². The Bertz CT molecular complexity index is 538. The van der Waals surface area contributed by atoms with Crippen molar-refractivity contribution in [3.63, 3.8) is 0 Å². The maximum Gasteiger partial charge on any atom is 0.247 e. The highest BCUT2D eigenvalue weighted by Gasteiger charge is 2.38. The van der Waals surface area contributed by atoms with Crippen LogP contribution in [0.5, 0.6) is 0 Å². The van der Waals surface area contributed by atoms with Crippen LogP contribution in [0.25, 0.3) is 11.4 Å². The Morgan fingerprint density at radius 1 is 1.56 bits per heavy atom. The molecule has 0 aliphatic carbocycles. The fourth-order valence-electron chi connectivity index (χ4n) is 2.51. The van der Waals surface area contributed by atoms with Crippen molar-refractivity contribution in [3.05, 3.63) is 18.3 Å². The Kier molecular flexibility index (Phi) is 2.66. The summed E-state index contributed by atoms with van der Waals surface area (Å²) in [6.45, 7) is 3.16. The van der Waals surface area contributed by atoms with Crippen LogP contribution in [0.1, 0.15) is 32.1 Å². The van der Waals surface area contributed by atoms with Crippen molar-refractivity contribution in [3.8, 4) is 11.4 Å². The van der Waals surface area contributed by atoms with E-state index in [1.807, 2.05) is 13.2 Å². The Balaban J connectivity index is 1.93. The van der Waals surface area contributed by atoms with E-state index in [1.54, 1.807) is 10.9 Å². The topological polar surface area (TPSA) is 68.8 Å². The number of nitrogens with zero attached hydrogens (tertiary/aromatic N) is 4. The first kappa shape index (κ1) is 11.4. The predicted octanol–water partition coefficient (Wildman–Crippen LogP) is 1.46. The molecule has 3 rings (SSSR count). The molecule has 1 saturated heterocycles. The second kappa shape index (κ2) is 4.20. The minimum absolute atomic E-state index is 0.131. The molecule has 1 unspecified atom stereocenters. The maximum absolute atomic E-state index is 5.45. The standard InChI is InChI=1S/C12H17N5O/c1-3-12(5-4-6-13-12)11-15-10(16-18-11)9-7-14-17(2)8-9/h7-8,13H,3-6H2,1-2H3. The normalized spacial score (nSPS) is 23.7. The summed E-state index contributed by atoms with van der Waals surface area (Å²) >= 11 is 0. The van der Waals surface area contributed by atoms with Gasteiger partial charge in [0.1, 0.15) is 0 Å². The summed E-state index contributed by atoms with van der Waals surface area (Å²) in [6.07, 6.45) is 6.79. The molecule has 1 aliphatic rings. The van der Waals surface area contributed by atoms with E-state index in [2.05, 4.69) is 27.5 Å². The lowest BCUT2D eigenvalue weighted by molar-refractivity contribution is 0.250. The molecule has 0 amide bonds. The Morgan fingerprint density at radius 2 is 2.44 bits per heavy atom. The summed E-state index contributed by atoms with van der Waals surface area (Å²) in [5.74, 6) is 1.31. The maximum atomic E-state index is 5.45. The highest BCUT2D eigenvalue weighted by Crippen LogP contribution is 2.33. The average Bonchev–Trinajstić information content (AvgIpc) is 3.08. The zero-order chi connectivity index (χ0) is 12.6. The first-order valence-corrected chi connectivity index (χ1v) is 6.32. The summed E-state index contributed by atoms with van der Waals surface area (Å²) in [5, 5.41) is 11.7. The van der Waals surface area contributed by atoms with Crippen LogP contribution in [0, 0.1) is 0 Å². The van der Waals surface area contributed by atoms with Crippen molar-refractivity contribution in [1.29, 1.82) is 0 Å². The van der Waals surface area contributed by atoms with E-state index in [-0.39, 0.29) is 5.54 Å². The lowest BCUT2D eigenvalue weighted by Crippen LogP contribution is -2.36. The van der Waals surface area contributed by atoms with Crippen molar-refractivity contribution >= 4 is 0 Å². The van der Waals surface area contributed by atoms with Gasteiger partial charge in [0.2, 0.25) is 11.7 Å². The average molecular weight is 247 g/mol. The third-order valence-electron chi connectivity index (χ3n) is 3.65. The molecule has 1 aliphatic heterocycles. The van der Waals surface area contributed by atoms with Crippen molar-refractivity contribution in [2.24, 2.45) is 7.05 Å². The van der Waals surface area contributed by atoms with E-state index in [1.165, 1.54) is 0 Å². The van der Waals surface area contributed by atoms with Gasteiger partial charge < -0.3 is 9.84 Å². The number of hydrogen-bond donors (Lipinski definition) is 1. The minimum atomic E-state index is -0.131. The number of nitrogens with one attached hydrogen (secondary N) is 1. The van der Waals surface area contributed by atoms with Crippen molar-refractivity contribution < 1.29 is 4.52 Å². The highest BCUT2D eigenvalue weighted by molar-refractivity contribution is 5.51. The van der Waals surface area contributed by atoms with Gasteiger partial charge in [0.15, 0.2) is 0 Å². The molecular formula is C12H17N5O. The van der Waals surface area contributed by atoms with Crippen LogP contribution in [-0.2, 0) is 12.6 Å². The van der Waals surface area contributed by atoms with Crippen molar-refractivity contribution in [1.82, 2.24) is 25.2 Å². The van der Waals surface area contributed by atoms with Gasteiger partial charge in [0.25, 0.3) is 0 Å². The molecule has 6 nitrogen and oxygen atoms in total. The van der Waals surface area contributed by atoms with Crippen LogP contribution in [0.3, 0.4) is 0 Å². The molecule has 0 bridgehead atoms. The van der Waals surface area contributed by atoms with Crippen LogP contribution >= 0.6 is 0 Å². The Hall–Kier alpha value is -1.69. The molecule has 0 radical (unpaired) electrons. The van der Waals surface area contributed by atoms with Gasteiger partial charge >= 0.3 is 0 Å². The van der Waals surface area contributed by atoms with Crippen molar-refractivity contribution in [2.45, 2.75) is 31.7 Å². The van der Waals surface area contributed by atoms with Gasteiger partial charge in [-0.25, -0.2) is 0 Å². The van der Waals surface area contributed by atoms with Crippen LogP contribution in [0.15, 0.2) is 16.9 Å². The van der Waals surface area contributed by atoms with Crippen LogP contribution < -0.4 is 5.32 Å². The Morgan fingerprint density at radius 3 is 3.06 bits per heavy atom. The summed E-state index contributed by atoms with van der Waals surface area (Å²) < 4.78 is 7.18. The third-order valence-corrected chi connectivity index (χ3v) is 3.65. The smallest absolute Gasteiger partial charge is 0.247 e. The molecule has 1 fully saturated rings. The number of hydrogen-bond acceptors (Lipinski definition) is 5. The summed E-state index contributed by atoms with van der Waals surface area (Å²) in [5.41, 5.74) is 0.754. The second-order valence-electron chi connectivity index (χ2n) is 4.79. The van der Waals surface area contributed by atoms with E-state index in [0.29, 0.717) is 11.7 Å². The molecule has 1 atom stereocenters. The van der Waals surface area contributed by atoms with E-state index in [0.717, 1.165) is 31.4 Å². The van der Waals surface area contributed by atoms with Gasteiger partial charge in [-0.2, -0.15) is 10.1 Å². The Labute approximate surface area is 105 Å². The van der Waals surface area contributed by atoms with Crippen LogP contribution in [0.2, 0.25) is 0 Å². The van der Waals surface area contributed by atoms with Gasteiger partial charge in [-0.1, -0.05) is 12.1 Å². The monoisotopic (exact) mass is 247 g/mol. The molecule has 3 heterocycles. The molecule has 18 heavy (non-hydrogen) atoms. The molecule has 0 spiro atoms. The van der Waals surface area contributed by atoms with Crippen LogP contribution in [0.4, 0.5) is 0 Å². The van der Waals surface area contributed by atoms with Gasteiger partial charge in [-0.05, 0) is 25.8 Å². The SMILES string of the molecule is CCC1(c2nc(-c3cnn(C)c3)no2)CCCN1. The van der Waals surface area contributed by atoms with E-state index in [9.17, 15) is 0 Å². The lowest BCUT2D eigenvalue weighted by atomic mass is 9.94. The minimum Gasteiger partial charge on any atom is -0.337 e. The predicted molar refractivity (Wildman–Crippen MR) is 65.7 cm³/mol. The molecule has 0 saturated carbocycles. The van der Waals surface area contributed by atoms with Gasteiger partial charge in [0.05, 0.1) is 17.3 Å². The molecule has 96 valence electrons. The van der Waals surface area contributed by atoms with E-state index >= 15 is 0 Å². The lowest BCUT2D eigenvalue weighted by Gasteiger charge is -2.22. The summed E-state index contributed by atoms with van der Waals surface area (Å²) in [4.78, 5) is 4.53. The molecule has 2 aromatic heterocycles. The van der Waals surface area contributed by atoms with Gasteiger partial charge in [0, 0.05) is 13.2 Å². The third kappa shape index (κ3) is 1.73. The quantitative estimate of drug-likeness (QED) is 0.889. The molecule has 1 N–H and O–H groups in total.